The van der Waals surface area contributed by atoms with Gasteiger partial charge in [-0.2, -0.15) is 23.4 Å². The van der Waals surface area contributed by atoms with E-state index in [4.69, 9.17) is 0 Å². The van der Waals surface area contributed by atoms with Crippen molar-refractivity contribution in [2.75, 3.05) is 13.1 Å². The molecule has 1 saturated carbocycles. The molecule has 1 aliphatic heterocycles. The fraction of sp³-hybridized carbons (Fsp3) is 0.560. The van der Waals surface area contributed by atoms with Crippen LogP contribution < -0.4 is 0 Å². The van der Waals surface area contributed by atoms with E-state index in [1.807, 2.05) is 13.8 Å². The molecular formula is C25H30F5N3O. The number of hydrogen-bond acceptors (Lipinski definition) is 3. The Balaban J connectivity index is 2.05. The molecule has 1 saturated heterocycles. The molecule has 1 aliphatic carbocycles. The largest absolute Gasteiger partial charge is 0.393 e. The van der Waals surface area contributed by atoms with E-state index in [1.54, 1.807) is 13.0 Å². The van der Waals surface area contributed by atoms with Crippen LogP contribution in [0.1, 0.15) is 45.6 Å². The molecule has 34 heavy (non-hydrogen) atoms. The summed E-state index contributed by atoms with van der Waals surface area (Å²) in [4.78, 5) is 14.9. The number of benzene rings is 1. The summed E-state index contributed by atoms with van der Waals surface area (Å²) >= 11 is 0. The predicted molar refractivity (Wildman–Crippen MR) is 119 cm³/mol. The summed E-state index contributed by atoms with van der Waals surface area (Å²) in [6, 6.07) is 3.45. The molecule has 2 aliphatic rings. The normalized spacial score (nSPS) is 28.3. The van der Waals surface area contributed by atoms with Gasteiger partial charge in [-0.15, -0.1) is 0 Å². The molecule has 0 radical (unpaired) electrons. The number of rotatable bonds is 6. The maximum atomic E-state index is 14.6. The van der Waals surface area contributed by atoms with Gasteiger partial charge in [-0.05, 0) is 49.1 Å². The lowest BCUT2D eigenvalue weighted by atomic mass is 9.72. The Morgan fingerprint density at radius 3 is 2.41 bits per heavy atom. The molecule has 4 atom stereocenters. The molecule has 1 heterocycles. The molecule has 0 spiro atoms. The fourth-order valence-corrected chi connectivity index (χ4v) is 5.35. The Kier molecular flexibility index (Phi) is 7.62. The highest BCUT2D eigenvalue weighted by molar-refractivity contribution is 5.84. The van der Waals surface area contributed by atoms with Crippen molar-refractivity contribution in [3.05, 3.63) is 54.3 Å². The highest BCUT2D eigenvalue weighted by Gasteiger charge is 2.54. The molecule has 2 unspecified atom stereocenters. The van der Waals surface area contributed by atoms with Crippen LogP contribution in [0.5, 0.6) is 0 Å². The Bertz CT molecular complexity index is 967. The Labute approximate surface area is 196 Å². The van der Waals surface area contributed by atoms with E-state index < -0.39 is 35.1 Å². The average Bonchev–Trinajstić information content (AvgIpc) is 3.37. The second-order valence-corrected chi connectivity index (χ2v) is 9.71. The number of carbonyl (C=O) groups excluding carboxylic acids is 1. The van der Waals surface area contributed by atoms with Crippen LogP contribution in [0.2, 0.25) is 0 Å². The SMILES string of the molecule is C=C/N=N\C(=C/C1[C@H](C(C)C)CC[C@]1(C)C(=O)N1CCC(C(F)(F)F)C1)c1c(F)cccc1F. The van der Waals surface area contributed by atoms with E-state index in [1.165, 1.54) is 11.0 Å². The van der Waals surface area contributed by atoms with Crippen molar-refractivity contribution < 1.29 is 26.7 Å². The van der Waals surface area contributed by atoms with Crippen molar-refractivity contribution in [3.63, 3.8) is 0 Å². The van der Waals surface area contributed by atoms with Crippen LogP contribution in [0, 0.1) is 40.7 Å². The highest BCUT2D eigenvalue weighted by Crippen LogP contribution is 2.53. The molecule has 4 nitrogen and oxygen atoms in total. The molecule has 1 aromatic carbocycles. The van der Waals surface area contributed by atoms with Crippen LogP contribution in [0.3, 0.4) is 0 Å². The third-order valence-electron chi connectivity index (χ3n) is 7.28. The lowest BCUT2D eigenvalue weighted by Crippen LogP contribution is -2.44. The van der Waals surface area contributed by atoms with E-state index in [0.29, 0.717) is 12.8 Å². The second kappa shape index (κ2) is 9.96. The first-order chi connectivity index (χ1) is 15.9. The molecule has 186 valence electrons. The van der Waals surface area contributed by atoms with Gasteiger partial charge < -0.3 is 4.90 Å². The number of allylic oxidation sites excluding steroid dienone is 1. The summed E-state index contributed by atoms with van der Waals surface area (Å²) < 4.78 is 68.9. The number of halogens is 5. The topological polar surface area (TPSA) is 45.0 Å². The lowest BCUT2D eigenvalue weighted by Gasteiger charge is -2.36. The van der Waals surface area contributed by atoms with Crippen LogP contribution in [0.4, 0.5) is 22.0 Å². The standard InChI is InChI=1S/C25H30F5N3O/c1-5-31-32-21(22-19(26)7-6-8-20(22)27)13-18-17(15(2)3)9-11-24(18,4)23(34)33-12-10-16(14-33)25(28,29)30/h5-8,13,15-18H,1,9-12,14H2,2-4H3/b21-13-,32-31-/t16?,17-,18?,24-/m0/s1. The van der Waals surface area contributed by atoms with Crippen LogP contribution >= 0.6 is 0 Å². The minimum Gasteiger partial charge on any atom is -0.342 e. The molecule has 0 N–H and O–H groups in total. The number of amides is 1. The quantitative estimate of drug-likeness (QED) is 0.317. The smallest absolute Gasteiger partial charge is 0.342 e. The van der Waals surface area contributed by atoms with Gasteiger partial charge in [0, 0.05) is 19.3 Å². The van der Waals surface area contributed by atoms with Gasteiger partial charge in [-0.1, -0.05) is 39.5 Å². The van der Waals surface area contributed by atoms with Crippen molar-refractivity contribution in [3.8, 4) is 0 Å². The molecule has 0 bridgehead atoms. The van der Waals surface area contributed by atoms with Gasteiger partial charge in [0.1, 0.15) is 11.6 Å². The van der Waals surface area contributed by atoms with Gasteiger partial charge in [0.2, 0.25) is 5.91 Å². The molecule has 1 amide bonds. The van der Waals surface area contributed by atoms with Crippen molar-refractivity contribution in [2.45, 2.75) is 46.2 Å². The summed E-state index contributed by atoms with van der Waals surface area (Å²) in [5.41, 5.74) is -1.47. The Morgan fingerprint density at radius 2 is 1.88 bits per heavy atom. The summed E-state index contributed by atoms with van der Waals surface area (Å²) in [7, 11) is 0. The van der Waals surface area contributed by atoms with E-state index in [-0.39, 0.29) is 48.5 Å². The summed E-state index contributed by atoms with van der Waals surface area (Å²) in [5.74, 6) is -3.96. The van der Waals surface area contributed by atoms with Crippen LogP contribution in [-0.2, 0) is 4.79 Å². The van der Waals surface area contributed by atoms with Crippen LogP contribution in [0.25, 0.3) is 5.70 Å². The van der Waals surface area contributed by atoms with Gasteiger partial charge >= 0.3 is 6.18 Å². The molecule has 1 aromatic rings. The number of alkyl halides is 3. The second-order valence-electron chi connectivity index (χ2n) is 9.71. The number of nitrogens with zero attached hydrogens (tertiary/aromatic N) is 3. The zero-order chi connectivity index (χ0) is 25.3. The van der Waals surface area contributed by atoms with Crippen molar-refractivity contribution >= 4 is 11.6 Å². The predicted octanol–water partition coefficient (Wildman–Crippen LogP) is 7.00. The highest BCUT2D eigenvalue weighted by atomic mass is 19.4. The maximum absolute atomic E-state index is 14.6. The number of carbonyl (C=O) groups is 1. The van der Waals surface area contributed by atoms with E-state index in [0.717, 1.165) is 18.3 Å². The monoisotopic (exact) mass is 483 g/mol. The first kappa shape index (κ1) is 26.0. The summed E-state index contributed by atoms with van der Waals surface area (Å²) in [5, 5.41) is 7.69. The number of likely N-dealkylation sites (tertiary alicyclic amines) is 1. The van der Waals surface area contributed by atoms with Crippen molar-refractivity contribution in [1.82, 2.24) is 4.90 Å². The van der Waals surface area contributed by atoms with Crippen molar-refractivity contribution in [2.24, 2.45) is 39.3 Å². The van der Waals surface area contributed by atoms with E-state index >= 15 is 0 Å². The lowest BCUT2D eigenvalue weighted by molar-refractivity contribution is -0.171. The molecule has 0 aromatic heterocycles. The summed E-state index contributed by atoms with van der Waals surface area (Å²) in [6.07, 6.45) is -0.670. The first-order valence-corrected chi connectivity index (χ1v) is 11.4. The fourth-order valence-electron chi connectivity index (χ4n) is 5.35. The van der Waals surface area contributed by atoms with Crippen molar-refractivity contribution in [1.29, 1.82) is 0 Å². The third-order valence-corrected chi connectivity index (χ3v) is 7.28. The summed E-state index contributed by atoms with van der Waals surface area (Å²) in [6.45, 7) is 8.84. The maximum Gasteiger partial charge on any atom is 0.393 e. The zero-order valence-corrected chi connectivity index (χ0v) is 19.6. The van der Waals surface area contributed by atoms with E-state index in [2.05, 4.69) is 16.8 Å². The Morgan fingerprint density at radius 1 is 1.24 bits per heavy atom. The zero-order valence-electron chi connectivity index (χ0n) is 19.6. The molecule has 9 heteroatoms. The van der Waals surface area contributed by atoms with Gasteiger partial charge in [0.05, 0.1) is 22.6 Å². The minimum absolute atomic E-state index is 0.0290. The van der Waals surface area contributed by atoms with E-state index in [9.17, 15) is 26.7 Å². The van der Waals surface area contributed by atoms with Gasteiger partial charge in [-0.3, -0.25) is 4.79 Å². The molecule has 2 fully saturated rings. The van der Waals surface area contributed by atoms with Gasteiger partial charge in [0.15, 0.2) is 0 Å². The van der Waals surface area contributed by atoms with Gasteiger partial charge in [-0.25, -0.2) is 8.78 Å². The first-order valence-electron chi connectivity index (χ1n) is 11.4. The van der Waals surface area contributed by atoms with Crippen LogP contribution in [-0.4, -0.2) is 30.1 Å². The minimum atomic E-state index is -4.36. The average molecular weight is 484 g/mol. The molecule has 3 rings (SSSR count). The van der Waals surface area contributed by atoms with Crippen LogP contribution in [0.15, 0.2) is 47.3 Å². The Hall–Kier alpha value is -2.58. The number of hydrogen-bond donors (Lipinski definition) is 0. The molecular weight excluding hydrogens is 453 g/mol. The van der Waals surface area contributed by atoms with Gasteiger partial charge in [0.25, 0.3) is 0 Å². The number of azo groups is 1. The third kappa shape index (κ3) is 5.08.